The monoisotopic (exact) mass is 477 g/mol. The topological polar surface area (TPSA) is 104 Å². The van der Waals surface area contributed by atoms with E-state index in [9.17, 15) is 13.6 Å². The predicted octanol–water partition coefficient (Wildman–Crippen LogP) is 4.20. The van der Waals surface area contributed by atoms with Crippen LogP contribution in [-0.2, 0) is 16.8 Å². The molecule has 0 aliphatic carbocycles. The highest BCUT2D eigenvalue weighted by Gasteiger charge is 2.16. The fourth-order valence-electron chi connectivity index (χ4n) is 2.79. The van der Waals surface area contributed by atoms with Crippen molar-refractivity contribution in [1.29, 1.82) is 0 Å². The molecule has 0 atom stereocenters. The Morgan fingerprint density at radius 2 is 1.85 bits per heavy atom. The van der Waals surface area contributed by atoms with Crippen molar-refractivity contribution in [3.63, 3.8) is 0 Å². The number of nitrogens with one attached hydrogen (secondary N) is 1. The van der Waals surface area contributed by atoms with Crippen molar-refractivity contribution in [2.24, 2.45) is 0 Å². The summed E-state index contributed by atoms with van der Waals surface area (Å²) < 4.78 is 36.4. The van der Waals surface area contributed by atoms with Gasteiger partial charge in [0, 0.05) is 0 Å². The largest absolute Gasteiger partial charge is 0.486 e. The highest BCUT2D eigenvalue weighted by molar-refractivity contribution is 7.99. The van der Waals surface area contributed by atoms with Crippen LogP contribution in [0.4, 0.5) is 14.5 Å². The molecule has 0 unspecified atom stereocenters. The lowest BCUT2D eigenvalue weighted by molar-refractivity contribution is -0.113. The molecule has 11 heteroatoms. The van der Waals surface area contributed by atoms with Gasteiger partial charge < -0.3 is 20.6 Å². The zero-order valence-electron chi connectivity index (χ0n) is 18.4. The standard InChI is InChI=1S/C22H25F2N5O3S/c1-22(2,3)14-8-10-15(11-9-14)31-12-18-27-28-21(29(18)25)33-13-19(30)26-16-6-4-5-7-17(16)32-20(23)24/h4-11,20H,12-13,25H2,1-3H3,(H,26,30). The van der Waals surface area contributed by atoms with Crippen LogP contribution in [0.2, 0.25) is 0 Å². The Balaban J connectivity index is 1.53. The Labute approximate surface area is 194 Å². The number of ether oxygens (including phenoxy) is 2. The summed E-state index contributed by atoms with van der Waals surface area (Å²) in [4.78, 5) is 12.3. The van der Waals surface area contributed by atoms with E-state index in [0.717, 1.165) is 11.8 Å². The van der Waals surface area contributed by atoms with E-state index in [1.165, 1.54) is 28.4 Å². The normalized spacial score (nSPS) is 11.5. The molecule has 0 saturated heterocycles. The molecule has 0 radical (unpaired) electrons. The molecular weight excluding hydrogens is 452 g/mol. The summed E-state index contributed by atoms with van der Waals surface area (Å²) in [5.74, 6) is 6.45. The maximum absolute atomic E-state index is 12.5. The van der Waals surface area contributed by atoms with Gasteiger partial charge in [0.05, 0.1) is 11.4 Å². The summed E-state index contributed by atoms with van der Waals surface area (Å²) in [6.07, 6.45) is 0. The molecule has 3 N–H and O–H groups in total. The first-order chi connectivity index (χ1) is 15.6. The van der Waals surface area contributed by atoms with Crippen molar-refractivity contribution in [1.82, 2.24) is 14.9 Å². The van der Waals surface area contributed by atoms with Crippen molar-refractivity contribution in [2.45, 2.75) is 44.6 Å². The van der Waals surface area contributed by atoms with Crippen LogP contribution in [0.3, 0.4) is 0 Å². The van der Waals surface area contributed by atoms with Crippen LogP contribution in [0.1, 0.15) is 32.2 Å². The van der Waals surface area contributed by atoms with E-state index in [1.54, 1.807) is 6.07 Å². The Morgan fingerprint density at radius 3 is 2.52 bits per heavy atom. The van der Waals surface area contributed by atoms with E-state index >= 15 is 0 Å². The van der Waals surface area contributed by atoms with Crippen molar-refractivity contribution in [3.05, 3.63) is 59.9 Å². The van der Waals surface area contributed by atoms with Crippen LogP contribution in [0.25, 0.3) is 0 Å². The van der Waals surface area contributed by atoms with Gasteiger partial charge in [-0.05, 0) is 35.2 Å². The van der Waals surface area contributed by atoms with E-state index < -0.39 is 12.5 Å². The van der Waals surface area contributed by atoms with Gasteiger partial charge in [-0.2, -0.15) is 8.78 Å². The second kappa shape index (κ2) is 10.5. The number of rotatable bonds is 9. The Kier molecular flexibility index (Phi) is 7.75. The van der Waals surface area contributed by atoms with Gasteiger partial charge in [-0.15, -0.1) is 10.2 Å². The van der Waals surface area contributed by atoms with Gasteiger partial charge in [0.25, 0.3) is 0 Å². The molecule has 3 rings (SSSR count). The number of benzene rings is 2. The van der Waals surface area contributed by atoms with Crippen LogP contribution >= 0.6 is 11.8 Å². The molecule has 1 aromatic heterocycles. The fourth-order valence-corrected chi connectivity index (χ4v) is 3.46. The van der Waals surface area contributed by atoms with E-state index in [0.29, 0.717) is 16.7 Å². The van der Waals surface area contributed by atoms with Crippen molar-refractivity contribution in [2.75, 3.05) is 16.9 Å². The summed E-state index contributed by atoms with van der Waals surface area (Å²) in [6.45, 7) is 3.51. The number of halogens is 2. The molecule has 2 aromatic carbocycles. The lowest BCUT2D eigenvalue weighted by Gasteiger charge is -2.19. The van der Waals surface area contributed by atoms with E-state index in [4.69, 9.17) is 10.6 Å². The first kappa shape index (κ1) is 24.3. The van der Waals surface area contributed by atoms with Crippen LogP contribution in [0.5, 0.6) is 11.5 Å². The average Bonchev–Trinajstić information content (AvgIpc) is 3.11. The van der Waals surface area contributed by atoms with Crippen LogP contribution in [0.15, 0.2) is 53.7 Å². The van der Waals surface area contributed by atoms with Gasteiger partial charge in [-0.1, -0.05) is 56.8 Å². The minimum Gasteiger partial charge on any atom is -0.486 e. The molecular formula is C22H25F2N5O3S. The average molecular weight is 478 g/mol. The molecule has 33 heavy (non-hydrogen) atoms. The van der Waals surface area contributed by atoms with Crippen LogP contribution in [-0.4, -0.2) is 33.1 Å². The molecule has 176 valence electrons. The van der Waals surface area contributed by atoms with Gasteiger partial charge in [-0.3, -0.25) is 4.79 Å². The quantitative estimate of drug-likeness (QED) is 0.352. The highest BCUT2D eigenvalue weighted by Crippen LogP contribution is 2.27. The van der Waals surface area contributed by atoms with Crippen LogP contribution < -0.4 is 20.6 Å². The fraction of sp³-hybridized carbons (Fsp3) is 0.318. The molecule has 1 amide bonds. The Bertz CT molecular complexity index is 1080. The van der Waals surface area contributed by atoms with Gasteiger partial charge >= 0.3 is 6.61 Å². The highest BCUT2D eigenvalue weighted by atomic mass is 32.2. The number of thioether (sulfide) groups is 1. The number of nitrogen functional groups attached to an aromatic ring is 1. The molecule has 0 bridgehead atoms. The van der Waals surface area contributed by atoms with Gasteiger partial charge in [0.1, 0.15) is 18.1 Å². The number of anilines is 1. The number of hydrogen-bond acceptors (Lipinski definition) is 7. The third-order valence-electron chi connectivity index (χ3n) is 4.53. The lowest BCUT2D eigenvalue weighted by Crippen LogP contribution is -2.18. The molecule has 0 fully saturated rings. The maximum Gasteiger partial charge on any atom is 0.387 e. The van der Waals surface area contributed by atoms with Crippen molar-refractivity contribution < 1.29 is 23.0 Å². The third kappa shape index (κ3) is 6.82. The molecule has 1 heterocycles. The van der Waals surface area contributed by atoms with E-state index in [-0.39, 0.29) is 29.2 Å². The van der Waals surface area contributed by atoms with E-state index in [1.807, 2.05) is 24.3 Å². The SMILES string of the molecule is CC(C)(C)c1ccc(OCc2nnc(SCC(=O)Nc3ccccc3OC(F)F)n2N)cc1. The summed E-state index contributed by atoms with van der Waals surface area (Å²) in [5.41, 5.74) is 1.38. The number of amides is 1. The predicted molar refractivity (Wildman–Crippen MR) is 122 cm³/mol. The number of nitrogens with two attached hydrogens (primary N) is 1. The number of hydrogen-bond donors (Lipinski definition) is 2. The summed E-state index contributed by atoms with van der Waals surface area (Å²) >= 11 is 1.05. The zero-order valence-corrected chi connectivity index (χ0v) is 19.2. The Hall–Kier alpha value is -3.34. The minimum atomic E-state index is -3.00. The number of para-hydroxylation sites is 2. The number of carbonyl (C=O) groups excluding carboxylic acids is 1. The number of alkyl halides is 2. The van der Waals surface area contributed by atoms with E-state index in [2.05, 4.69) is 41.0 Å². The Morgan fingerprint density at radius 1 is 1.15 bits per heavy atom. The lowest BCUT2D eigenvalue weighted by atomic mass is 9.87. The van der Waals surface area contributed by atoms with Crippen molar-refractivity contribution in [3.8, 4) is 11.5 Å². The van der Waals surface area contributed by atoms with Gasteiger partial charge in [0.2, 0.25) is 11.1 Å². The summed E-state index contributed by atoms with van der Waals surface area (Å²) in [7, 11) is 0. The first-order valence-electron chi connectivity index (χ1n) is 10.0. The summed E-state index contributed by atoms with van der Waals surface area (Å²) in [6, 6.07) is 13.7. The van der Waals surface area contributed by atoms with Gasteiger partial charge in [-0.25, -0.2) is 4.68 Å². The molecule has 3 aromatic rings. The number of nitrogens with zero attached hydrogens (tertiary/aromatic N) is 3. The molecule has 0 spiro atoms. The molecule has 0 aliphatic heterocycles. The summed E-state index contributed by atoms with van der Waals surface area (Å²) in [5, 5.41) is 10.8. The van der Waals surface area contributed by atoms with Crippen LogP contribution in [0, 0.1) is 0 Å². The minimum absolute atomic E-state index is 0.0480. The van der Waals surface area contributed by atoms with Crippen molar-refractivity contribution >= 4 is 23.4 Å². The number of carbonyl (C=O) groups is 1. The second-order valence-electron chi connectivity index (χ2n) is 8.04. The molecule has 0 saturated carbocycles. The number of aromatic nitrogens is 3. The zero-order chi connectivity index (χ0) is 24.0. The first-order valence-corrected chi connectivity index (χ1v) is 11.0. The molecule has 8 nitrogen and oxygen atoms in total. The third-order valence-corrected chi connectivity index (χ3v) is 5.48. The second-order valence-corrected chi connectivity index (χ2v) is 8.99. The smallest absolute Gasteiger partial charge is 0.387 e. The molecule has 0 aliphatic rings. The maximum atomic E-state index is 12.5. The van der Waals surface area contributed by atoms with Gasteiger partial charge in [0.15, 0.2) is 5.82 Å².